The summed E-state index contributed by atoms with van der Waals surface area (Å²) in [4.78, 5) is 16.9. The minimum absolute atomic E-state index is 0.0398. The lowest BCUT2D eigenvalue weighted by molar-refractivity contribution is -0.137. The van der Waals surface area contributed by atoms with Crippen molar-refractivity contribution >= 4 is 11.6 Å². The number of carbonyl (C=O) groups excluding carboxylic acids is 1. The average Bonchev–Trinajstić information content (AvgIpc) is 3.23. The lowest BCUT2D eigenvalue weighted by Gasteiger charge is -2.26. The molecule has 0 N–H and O–H groups in total. The van der Waals surface area contributed by atoms with Gasteiger partial charge in [0, 0.05) is 32.4 Å². The fourth-order valence-corrected chi connectivity index (χ4v) is 3.46. The largest absolute Gasteiger partial charge is 0.497 e. The van der Waals surface area contributed by atoms with Gasteiger partial charge < -0.3 is 19.3 Å². The lowest BCUT2D eigenvalue weighted by atomic mass is 10.1. The van der Waals surface area contributed by atoms with E-state index in [1.54, 1.807) is 18.9 Å². The van der Waals surface area contributed by atoms with E-state index in [-0.39, 0.29) is 5.91 Å². The predicted molar refractivity (Wildman–Crippen MR) is 107 cm³/mol. The third-order valence-electron chi connectivity index (χ3n) is 4.94. The SMILES string of the molecule is COc1ccc(OC(C)C(=O)N(C)Cc2ccccc2N2CCCC2)cc1. The maximum absolute atomic E-state index is 12.8. The van der Waals surface area contributed by atoms with Crippen molar-refractivity contribution in [1.29, 1.82) is 0 Å². The third kappa shape index (κ3) is 4.73. The van der Waals surface area contributed by atoms with Crippen LogP contribution in [0.3, 0.4) is 0 Å². The maximum atomic E-state index is 12.8. The summed E-state index contributed by atoms with van der Waals surface area (Å²) in [5.74, 6) is 1.38. The van der Waals surface area contributed by atoms with Crippen molar-refractivity contribution in [2.75, 3.05) is 32.1 Å². The first-order valence-corrected chi connectivity index (χ1v) is 9.47. The number of anilines is 1. The number of rotatable bonds is 7. The molecule has 1 aliphatic rings. The Morgan fingerprint density at radius 2 is 1.70 bits per heavy atom. The molecule has 1 amide bonds. The van der Waals surface area contributed by atoms with Crippen LogP contribution in [0.4, 0.5) is 5.69 Å². The van der Waals surface area contributed by atoms with E-state index in [0.717, 1.165) is 18.8 Å². The molecule has 0 aliphatic carbocycles. The Labute approximate surface area is 161 Å². The molecule has 0 radical (unpaired) electrons. The Hall–Kier alpha value is -2.69. The van der Waals surface area contributed by atoms with Crippen LogP contribution in [0.15, 0.2) is 48.5 Å². The third-order valence-corrected chi connectivity index (χ3v) is 4.94. The first-order chi connectivity index (χ1) is 13.1. The molecule has 2 aromatic carbocycles. The molecule has 1 unspecified atom stereocenters. The highest BCUT2D eigenvalue weighted by Gasteiger charge is 2.22. The Balaban J connectivity index is 1.63. The molecular formula is C22H28N2O3. The predicted octanol–water partition coefficient (Wildman–Crippen LogP) is 3.72. The lowest BCUT2D eigenvalue weighted by Crippen LogP contribution is -2.37. The maximum Gasteiger partial charge on any atom is 0.263 e. The highest BCUT2D eigenvalue weighted by molar-refractivity contribution is 5.80. The van der Waals surface area contributed by atoms with Crippen LogP contribution in [-0.2, 0) is 11.3 Å². The molecule has 1 atom stereocenters. The zero-order valence-electron chi connectivity index (χ0n) is 16.4. The number of likely N-dealkylation sites (N-methyl/N-ethyl adjacent to an activating group) is 1. The minimum Gasteiger partial charge on any atom is -0.497 e. The molecule has 1 heterocycles. The fraction of sp³-hybridized carbons (Fsp3) is 0.409. The number of methoxy groups -OCH3 is 1. The summed E-state index contributed by atoms with van der Waals surface area (Å²) in [5, 5.41) is 0. The molecule has 1 fully saturated rings. The van der Waals surface area contributed by atoms with Gasteiger partial charge in [0.2, 0.25) is 0 Å². The Kier molecular flexibility index (Phi) is 6.22. The van der Waals surface area contributed by atoms with Gasteiger partial charge in [0.05, 0.1) is 7.11 Å². The van der Waals surface area contributed by atoms with E-state index in [4.69, 9.17) is 9.47 Å². The van der Waals surface area contributed by atoms with Crippen LogP contribution in [0, 0.1) is 0 Å². The molecule has 0 aromatic heterocycles. The summed E-state index contributed by atoms with van der Waals surface area (Å²) in [6.45, 7) is 4.54. The molecule has 5 nitrogen and oxygen atoms in total. The van der Waals surface area contributed by atoms with E-state index in [2.05, 4.69) is 23.1 Å². The molecule has 2 aromatic rings. The highest BCUT2D eigenvalue weighted by atomic mass is 16.5. The number of hydrogen-bond acceptors (Lipinski definition) is 4. The second-order valence-electron chi connectivity index (χ2n) is 6.95. The van der Waals surface area contributed by atoms with Gasteiger partial charge >= 0.3 is 0 Å². The molecule has 1 aliphatic heterocycles. The molecular weight excluding hydrogens is 340 g/mol. The number of carbonyl (C=O) groups is 1. The minimum atomic E-state index is -0.553. The van der Waals surface area contributed by atoms with Gasteiger partial charge in [-0.15, -0.1) is 0 Å². The van der Waals surface area contributed by atoms with Crippen LogP contribution < -0.4 is 14.4 Å². The van der Waals surface area contributed by atoms with Gasteiger partial charge in [-0.3, -0.25) is 4.79 Å². The standard InChI is InChI=1S/C22H28N2O3/c1-17(27-20-12-10-19(26-3)11-13-20)22(25)23(2)16-18-8-4-5-9-21(18)24-14-6-7-15-24/h4-5,8-13,17H,6-7,14-16H2,1-3H3. The number of para-hydroxylation sites is 1. The molecule has 0 saturated carbocycles. The number of ether oxygens (including phenoxy) is 2. The first-order valence-electron chi connectivity index (χ1n) is 9.47. The summed E-state index contributed by atoms with van der Waals surface area (Å²) in [5.41, 5.74) is 2.41. The van der Waals surface area contributed by atoms with E-state index in [0.29, 0.717) is 12.3 Å². The Morgan fingerprint density at radius 1 is 1.07 bits per heavy atom. The van der Waals surface area contributed by atoms with Gasteiger partial charge in [-0.05, 0) is 55.7 Å². The first kappa shape index (κ1) is 19.1. The van der Waals surface area contributed by atoms with Gasteiger partial charge in [0.1, 0.15) is 11.5 Å². The van der Waals surface area contributed by atoms with Crippen molar-refractivity contribution in [2.45, 2.75) is 32.4 Å². The molecule has 1 saturated heterocycles. The van der Waals surface area contributed by atoms with Crippen LogP contribution >= 0.6 is 0 Å². The van der Waals surface area contributed by atoms with Gasteiger partial charge in [-0.2, -0.15) is 0 Å². The van der Waals surface area contributed by atoms with E-state index < -0.39 is 6.10 Å². The van der Waals surface area contributed by atoms with Gasteiger partial charge in [-0.25, -0.2) is 0 Å². The Bertz CT molecular complexity index is 754. The molecule has 3 rings (SSSR count). The van der Waals surface area contributed by atoms with E-state index in [9.17, 15) is 4.79 Å². The normalized spacial score (nSPS) is 14.7. The van der Waals surface area contributed by atoms with Crippen LogP contribution in [0.1, 0.15) is 25.3 Å². The summed E-state index contributed by atoms with van der Waals surface area (Å²) in [7, 11) is 3.45. The zero-order chi connectivity index (χ0) is 19.2. The zero-order valence-corrected chi connectivity index (χ0v) is 16.4. The van der Waals surface area contributed by atoms with Crippen molar-refractivity contribution in [3.63, 3.8) is 0 Å². The molecule has 0 bridgehead atoms. The monoisotopic (exact) mass is 368 g/mol. The van der Waals surface area contributed by atoms with E-state index >= 15 is 0 Å². The summed E-state index contributed by atoms with van der Waals surface area (Å²) >= 11 is 0. The highest BCUT2D eigenvalue weighted by Crippen LogP contribution is 2.26. The average molecular weight is 368 g/mol. The van der Waals surface area contributed by atoms with Crippen LogP contribution in [0.5, 0.6) is 11.5 Å². The summed E-state index contributed by atoms with van der Waals surface area (Å²) in [6.07, 6.45) is 1.91. The van der Waals surface area contributed by atoms with Crippen molar-refractivity contribution in [2.24, 2.45) is 0 Å². The van der Waals surface area contributed by atoms with Crippen molar-refractivity contribution in [1.82, 2.24) is 4.90 Å². The molecule has 0 spiro atoms. The van der Waals surface area contributed by atoms with Crippen molar-refractivity contribution in [3.05, 3.63) is 54.1 Å². The van der Waals surface area contributed by atoms with E-state index in [1.165, 1.54) is 24.1 Å². The second kappa shape index (κ2) is 8.80. The molecule has 144 valence electrons. The van der Waals surface area contributed by atoms with Crippen molar-refractivity contribution < 1.29 is 14.3 Å². The number of nitrogens with zero attached hydrogens (tertiary/aromatic N) is 2. The van der Waals surface area contributed by atoms with Crippen LogP contribution in [-0.4, -0.2) is 44.2 Å². The topological polar surface area (TPSA) is 42.0 Å². The van der Waals surface area contributed by atoms with E-state index in [1.807, 2.05) is 37.4 Å². The number of amides is 1. The van der Waals surface area contributed by atoms with Gasteiger partial charge in [0.15, 0.2) is 6.10 Å². The number of benzene rings is 2. The number of hydrogen-bond donors (Lipinski definition) is 0. The van der Waals surface area contributed by atoms with Crippen molar-refractivity contribution in [3.8, 4) is 11.5 Å². The molecule has 27 heavy (non-hydrogen) atoms. The van der Waals surface area contributed by atoms with Gasteiger partial charge in [0.25, 0.3) is 5.91 Å². The Morgan fingerprint density at radius 3 is 2.37 bits per heavy atom. The smallest absolute Gasteiger partial charge is 0.263 e. The fourth-order valence-electron chi connectivity index (χ4n) is 3.46. The second-order valence-corrected chi connectivity index (χ2v) is 6.95. The molecule has 5 heteroatoms. The quantitative estimate of drug-likeness (QED) is 0.747. The van der Waals surface area contributed by atoms with Crippen LogP contribution in [0.2, 0.25) is 0 Å². The van der Waals surface area contributed by atoms with Gasteiger partial charge in [-0.1, -0.05) is 18.2 Å². The van der Waals surface area contributed by atoms with Crippen LogP contribution in [0.25, 0.3) is 0 Å². The summed E-state index contributed by atoms with van der Waals surface area (Å²) in [6, 6.07) is 15.6. The summed E-state index contributed by atoms with van der Waals surface area (Å²) < 4.78 is 11.0.